The molecular weight excluding hydrogens is 426 g/mol. The number of nitrogens with zero attached hydrogens (tertiary/aromatic N) is 4. The summed E-state index contributed by atoms with van der Waals surface area (Å²) in [7, 11) is 0. The molecular formula is C27H31N5O2. The second kappa shape index (κ2) is 10.3. The van der Waals surface area contributed by atoms with Crippen molar-refractivity contribution in [2.45, 2.75) is 32.6 Å². The molecule has 1 aliphatic carbocycles. The van der Waals surface area contributed by atoms with E-state index in [1.54, 1.807) is 18.7 Å². The van der Waals surface area contributed by atoms with Crippen molar-refractivity contribution < 1.29 is 9.53 Å². The third-order valence-corrected chi connectivity index (χ3v) is 7.03. The summed E-state index contributed by atoms with van der Waals surface area (Å²) in [4.78, 5) is 27.8. The maximum absolute atomic E-state index is 12.8. The van der Waals surface area contributed by atoms with Gasteiger partial charge in [0, 0.05) is 36.4 Å². The molecule has 2 aromatic heterocycles. The molecule has 2 aliphatic rings. The summed E-state index contributed by atoms with van der Waals surface area (Å²) < 4.78 is 5.77. The number of carbonyl (C=O) groups excluding carboxylic acids is 1. The third-order valence-electron chi connectivity index (χ3n) is 7.03. The van der Waals surface area contributed by atoms with Crippen molar-refractivity contribution >= 4 is 11.6 Å². The van der Waals surface area contributed by atoms with Crippen LogP contribution in [0.15, 0.2) is 61.2 Å². The first-order chi connectivity index (χ1) is 16.6. The number of ether oxygens (including phenoxy) is 1. The van der Waals surface area contributed by atoms with Gasteiger partial charge in [-0.1, -0.05) is 6.42 Å². The Labute approximate surface area is 200 Å². The number of hydrogen-bond donors (Lipinski definition) is 1. The summed E-state index contributed by atoms with van der Waals surface area (Å²) >= 11 is 0. The number of benzene rings is 1. The molecule has 0 unspecified atom stereocenters. The summed E-state index contributed by atoms with van der Waals surface area (Å²) in [6.07, 6.45) is 9.84. The van der Waals surface area contributed by atoms with Crippen molar-refractivity contribution in [2.24, 2.45) is 17.8 Å². The van der Waals surface area contributed by atoms with Gasteiger partial charge < -0.3 is 10.1 Å². The van der Waals surface area contributed by atoms with Crippen molar-refractivity contribution in [3.8, 4) is 11.5 Å². The molecule has 0 spiro atoms. The molecule has 176 valence electrons. The zero-order chi connectivity index (χ0) is 23.3. The van der Waals surface area contributed by atoms with Crippen molar-refractivity contribution in [2.75, 3.05) is 25.0 Å². The highest BCUT2D eigenvalue weighted by atomic mass is 16.5. The minimum absolute atomic E-state index is 0.0301. The number of pyridine rings is 1. The lowest BCUT2D eigenvalue weighted by Gasteiger charge is -2.33. The van der Waals surface area contributed by atoms with Crippen LogP contribution in [0.1, 0.15) is 30.7 Å². The smallest absolute Gasteiger partial charge is 0.238 e. The molecule has 0 bridgehead atoms. The van der Waals surface area contributed by atoms with Gasteiger partial charge in [-0.15, -0.1) is 0 Å². The van der Waals surface area contributed by atoms with E-state index in [2.05, 4.69) is 31.2 Å². The number of carbonyl (C=O) groups is 1. The lowest BCUT2D eigenvalue weighted by Crippen LogP contribution is -2.32. The molecule has 1 saturated heterocycles. The van der Waals surface area contributed by atoms with E-state index in [0.29, 0.717) is 35.8 Å². The van der Waals surface area contributed by atoms with Crippen molar-refractivity contribution in [1.29, 1.82) is 0 Å². The van der Waals surface area contributed by atoms with E-state index in [0.717, 1.165) is 36.6 Å². The van der Waals surface area contributed by atoms with Crippen LogP contribution in [0.25, 0.3) is 0 Å². The first-order valence-electron chi connectivity index (χ1n) is 12.1. The standard InChI is InChI=1S/C27H31N5O2/c1-19-12-23(30-18-29-19)13-20-4-2-5-21-15-32(16-26(20)21)17-27(33)31-22-7-9-24(10-8-22)34-25-6-3-11-28-14-25/h3,6-12,14,18,20-21,26H,2,4-5,13,15-17H2,1H3,(H,31,33)/t20-,21-,26-/m1/s1. The zero-order valence-electron chi connectivity index (χ0n) is 19.6. The third kappa shape index (κ3) is 5.59. The number of likely N-dealkylation sites (tertiary alicyclic amines) is 1. The number of hydrogen-bond acceptors (Lipinski definition) is 6. The monoisotopic (exact) mass is 457 g/mol. The van der Waals surface area contributed by atoms with Crippen molar-refractivity contribution in [3.63, 3.8) is 0 Å². The maximum Gasteiger partial charge on any atom is 0.238 e. The van der Waals surface area contributed by atoms with E-state index >= 15 is 0 Å². The first kappa shape index (κ1) is 22.5. The molecule has 0 radical (unpaired) electrons. The number of nitrogens with one attached hydrogen (secondary N) is 1. The Morgan fingerprint density at radius 2 is 2.00 bits per heavy atom. The molecule has 3 atom stereocenters. The van der Waals surface area contributed by atoms with Crippen LogP contribution in [-0.2, 0) is 11.2 Å². The zero-order valence-corrected chi connectivity index (χ0v) is 19.6. The van der Waals surface area contributed by atoms with Gasteiger partial charge in [-0.05, 0) is 86.4 Å². The maximum atomic E-state index is 12.8. The fraction of sp³-hybridized carbons (Fsp3) is 0.407. The van der Waals surface area contributed by atoms with Gasteiger partial charge in [0.25, 0.3) is 0 Å². The Morgan fingerprint density at radius 1 is 1.12 bits per heavy atom. The summed E-state index contributed by atoms with van der Waals surface area (Å²) in [5.74, 6) is 3.37. The molecule has 3 heterocycles. The van der Waals surface area contributed by atoms with Gasteiger partial charge in [-0.25, -0.2) is 9.97 Å². The molecule has 2 fully saturated rings. The number of anilines is 1. The number of fused-ring (bicyclic) bond motifs is 1. The van der Waals surface area contributed by atoms with E-state index in [9.17, 15) is 4.79 Å². The average Bonchev–Trinajstić information content (AvgIpc) is 3.24. The summed E-state index contributed by atoms with van der Waals surface area (Å²) in [5.41, 5.74) is 2.95. The fourth-order valence-electron chi connectivity index (χ4n) is 5.51. The normalized spacial score (nSPS) is 22.2. The van der Waals surface area contributed by atoms with Crippen LogP contribution in [0.5, 0.6) is 11.5 Å². The van der Waals surface area contributed by atoms with Gasteiger partial charge in [0.15, 0.2) is 0 Å². The molecule has 7 heteroatoms. The van der Waals surface area contributed by atoms with Gasteiger partial charge >= 0.3 is 0 Å². The van der Waals surface area contributed by atoms with E-state index in [-0.39, 0.29) is 5.91 Å². The van der Waals surface area contributed by atoms with Crippen molar-refractivity contribution in [1.82, 2.24) is 19.9 Å². The van der Waals surface area contributed by atoms with Crippen LogP contribution in [0.4, 0.5) is 5.69 Å². The van der Waals surface area contributed by atoms with Gasteiger partial charge in [-0.3, -0.25) is 14.7 Å². The molecule has 1 aliphatic heterocycles. The Hall–Kier alpha value is -3.32. The average molecular weight is 458 g/mol. The van der Waals surface area contributed by atoms with E-state index in [1.165, 1.54) is 19.3 Å². The minimum Gasteiger partial charge on any atom is -0.456 e. The molecule has 7 nitrogen and oxygen atoms in total. The molecule has 1 N–H and O–H groups in total. The molecule has 1 saturated carbocycles. The predicted octanol–water partition coefficient (Wildman–Crippen LogP) is 4.50. The van der Waals surface area contributed by atoms with Gasteiger partial charge in [0.1, 0.15) is 17.8 Å². The fourth-order valence-corrected chi connectivity index (χ4v) is 5.51. The summed E-state index contributed by atoms with van der Waals surface area (Å²) in [5, 5.41) is 3.03. The quantitative estimate of drug-likeness (QED) is 0.563. The molecule has 1 amide bonds. The molecule has 3 aromatic rings. The van der Waals surface area contributed by atoms with Crippen LogP contribution in [0, 0.1) is 24.7 Å². The van der Waals surface area contributed by atoms with Crippen LogP contribution in [0.2, 0.25) is 0 Å². The molecule has 34 heavy (non-hydrogen) atoms. The Bertz CT molecular complexity index is 1110. The van der Waals surface area contributed by atoms with Gasteiger partial charge in [0.2, 0.25) is 5.91 Å². The summed E-state index contributed by atoms with van der Waals surface area (Å²) in [6, 6.07) is 13.2. The number of rotatable bonds is 7. The van der Waals surface area contributed by atoms with Crippen LogP contribution >= 0.6 is 0 Å². The van der Waals surface area contributed by atoms with Crippen LogP contribution in [-0.4, -0.2) is 45.4 Å². The highest BCUT2D eigenvalue weighted by Gasteiger charge is 2.40. The van der Waals surface area contributed by atoms with Gasteiger partial charge in [0.05, 0.1) is 12.7 Å². The number of aromatic nitrogens is 3. The minimum atomic E-state index is 0.0301. The Morgan fingerprint density at radius 3 is 2.79 bits per heavy atom. The lowest BCUT2D eigenvalue weighted by atomic mass is 9.72. The Kier molecular flexibility index (Phi) is 6.81. The topological polar surface area (TPSA) is 80.2 Å². The first-order valence-corrected chi connectivity index (χ1v) is 12.1. The second-order valence-corrected chi connectivity index (χ2v) is 9.53. The highest BCUT2D eigenvalue weighted by Crippen LogP contribution is 2.41. The van der Waals surface area contributed by atoms with E-state index in [4.69, 9.17) is 4.74 Å². The highest BCUT2D eigenvalue weighted by molar-refractivity contribution is 5.92. The number of aryl methyl sites for hydroxylation is 1. The lowest BCUT2D eigenvalue weighted by molar-refractivity contribution is -0.117. The Balaban J connectivity index is 1.13. The second-order valence-electron chi connectivity index (χ2n) is 9.53. The van der Waals surface area contributed by atoms with Crippen LogP contribution < -0.4 is 10.1 Å². The van der Waals surface area contributed by atoms with E-state index in [1.807, 2.05) is 43.3 Å². The largest absolute Gasteiger partial charge is 0.456 e. The van der Waals surface area contributed by atoms with E-state index < -0.39 is 0 Å². The predicted molar refractivity (Wildman–Crippen MR) is 131 cm³/mol. The summed E-state index contributed by atoms with van der Waals surface area (Å²) in [6.45, 7) is 4.45. The van der Waals surface area contributed by atoms with Crippen molar-refractivity contribution in [3.05, 3.63) is 72.6 Å². The van der Waals surface area contributed by atoms with Gasteiger partial charge in [-0.2, -0.15) is 0 Å². The number of amides is 1. The van der Waals surface area contributed by atoms with Crippen LogP contribution in [0.3, 0.4) is 0 Å². The molecule has 5 rings (SSSR count). The SMILES string of the molecule is Cc1cc(C[C@H]2CCC[C@@H]3CN(CC(=O)Nc4ccc(Oc5cccnc5)cc4)C[C@H]23)ncn1. The molecule has 1 aromatic carbocycles.